The maximum absolute atomic E-state index is 12.9. The predicted molar refractivity (Wildman–Crippen MR) is 92.1 cm³/mol. The number of unbranched alkanes of at least 4 members (excludes halogenated alkanes) is 4. The van der Waals surface area contributed by atoms with E-state index in [1.165, 1.54) is 13.0 Å². The zero-order valence-electron chi connectivity index (χ0n) is 15.0. The Balaban J connectivity index is 2.12. The molecule has 1 aliphatic carbocycles. The monoisotopic (exact) mass is 352 g/mol. The summed E-state index contributed by atoms with van der Waals surface area (Å²) in [6.07, 6.45) is 5.61. The van der Waals surface area contributed by atoms with Gasteiger partial charge in [0.2, 0.25) is 0 Å². The fourth-order valence-corrected chi connectivity index (χ4v) is 3.47. The van der Waals surface area contributed by atoms with Crippen LogP contribution >= 0.6 is 0 Å². The van der Waals surface area contributed by atoms with Gasteiger partial charge in [-0.1, -0.05) is 38.7 Å². The number of ether oxygens (including phenoxy) is 1. The molecule has 140 valence electrons. The molecular formula is C19H28O6. The normalized spacial score (nSPS) is 29.0. The molecule has 0 spiro atoms. The van der Waals surface area contributed by atoms with Gasteiger partial charge in [0.1, 0.15) is 12.2 Å². The molecule has 0 aromatic rings. The SMILES string of the molecule is CCCCCCCC1=C(CO)C(O)C2OC2(CC=C(C)C(=O)O)C1=O. The van der Waals surface area contributed by atoms with Crippen LogP contribution in [0.2, 0.25) is 0 Å². The summed E-state index contributed by atoms with van der Waals surface area (Å²) in [7, 11) is 0. The minimum absolute atomic E-state index is 0.129. The number of carboxylic acids is 1. The van der Waals surface area contributed by atoms with E-state index in [0.29, 0.717) is 17.6 Å². The van der Waals surface area contributed by atoms with Gasteiger partial charge in [0.25, 0.3) is 0 Å². The van der Waals surface area contributed by atoms with Crippen molar-refractivity contribution in [2.75, 3.05) is 6.61 Å². The Morgan fingerprint density at radius 3 is 2.56 bits per heavy atom. The van der Waals surface area contributed by atoms with Gasteiger partial charge in [-0.2, -0.15) is 0 Å². The van der Waals surface area contributed by atoms with E-state index < -0.39 is 23.8 Å². The topological polar surface area (TPSA) is 107 Å². The second kappa shape index (κ2) is 8.25. The van der Waals surface area contributed by atoms with E-state index in [9.17, 15) is 19.8 Å². The molecule has 0 saturated carbocycles. The first-order valence-electron chi connectivity index (χ1n) is 9.02. The third kappa shape index (κ3) is 4.02. The highest BCUT2D eigenvalue weighted by Gasteiger charge is 2.67. The van der Waals surface area contributed by atoms with Gasteiger partial charge in [0, 0.05) is 17.6 Å². The smallest absolute Gasteiger partial charge is 0.330 e. The van der Waals surface area contributed by atoms with Crippen molar-refractivity contribution in [1.82, 2.24) is 0 Å². The molecule has 3 atom stereocenters. The number of epoxide rings is 1. The van der Waals surface area contributed by atoms with Crippen LogP contribution in [0.3, 0.4) is 0 Å². The molecule has 2 rings (SSSR count). The molecule has 0 amide bonds. The summed E-state index contributed by atoms with van der Waals surface area (Å²) < 4.78 is 5.54. The van der Waals surface area contributed by atoms with Gasteiger partial charge in [0.05, 0.1) is 6.61 Å². The van der Waals surface area contributed by atoms with E-state index >= 15 is 0 Å². The van der Waals surface area contributed by atoms with Crippen LogP contribution in [0.15, 0.2) is 22.8 Å². The summed E-state index contributed by atoms with van der Waals surface area (Å²) in [5.74, 6) is -1.25. The molecule has 3 N–H and O–H groups in total. The molecule has 0 bridgehead atoms. The van der Waals surface area contributed by atoms with Crippen LogP contribution < -0.4 is 0 Å². The van der Waals surface area contributed by atoms with Crippen molar-refractivity contribution in [3.05, 3.63) is 22.8 Å². The van der Waals surface area contributed by atoms with Crippen molar-refractivity contribution < 1.29 is 29.6 Å². The third-order valence-electron chi connectivity index (χ3n) is 5.18. The first-order valence-corrected chi connectivity index (χ1v) is 9.02. The van der Waals surface area contributed by atoms with Gasteiger partial charge in [-0.15, -0.1) is 0 Å². The Labute approximate surface area is 148 Å². The summed E-state index contributed by atoms with van der Waals surface area (Å²) in [6, 6.07) is 0. The van der Waals surface area contributed by atoms with E-state index in [1.807, 2.05) is 0 Å². The first kappa shape index (κ1) is 19.8. The van der Waals surface area contributed by atoms with E-state index in [-0.39, 0.29) is 24.4 Å². The Bertz CT molecular complexity index is 591. The summed E-state index contributed by atoms with van der Waals surface area (Å²) in [5.41, 5.74) is -0.198. The Morgan fingerprint density at radius 1 is 1.28 bits per heavy atom. The highest BCUT2D eigenvalue weighted by Crippen LogP contribution is 2.51. The molecule has 1 aliphatic heterocycles. The molecule has 1 saturated heterocycles. The number of ketones is 1. The molecule has 1 heterocycles. The summed E-state index contributed by atoms with van der Waals surface area (Å²) in [4.78, 5) is 23.9. The van der Waals surface area contributed by atoms with Gasteiger partial charge in [0.15, 0.2) is 11.4 Å². The number of hydrogen-bond acceptors (Lipinski definition) is 5. The van der Waals surface area contributed by atoms with Crippen molar-refractivity contribution in [1.29, 1.82) is 0 Å². The number of Topliss-reactive ketones (excluding diaryl/α,β-unsaturated/α-hetero) is 1. The molecule has 3 unspecified atom stereocenters. The van der Waals surface area contributed by atoms with Crippen LogP contribution in [0.5, 0.6) is 0 Å². The maximum atomic E-state index is 12.9. The number of carbonyl (C=O) groups is 2. The zero-order chi connectivity index (χ0) is 18.6. The van der Waals surface area contributed by atoms with Crippen LogP contribution in [-0.2, 0) is 14.3 Å². The number of aliphatic carboxylic acids is 1. The number of hydrogen-bond donors (Lipinski definition) is 3. The lowest BCUT2D eigenvalue weighted by atomic mass is 9.77. The average molecular weight is 352 g/mol. The average Bonchev–Trinajstić information content (AvgIpc) is 3.33. The lowest BCUT2D eigenvalue weighted by Crippen LogP contribution is -2.41. The molecule has 6 heteroatoms. The van der Waals surface area contributed by atoms with Gasteiger partial charge >= 0.3 is 5.97 Å². The van der Waals surface area contributed by atoms with E-state index in [2.05, 4.69) is 6.92 Å². The molecule has 0 aromatic heterocycles. The second-order valence-electron chi connectivity index (χ2n) is 6.92. The third-order valence-corrected chi connectivity index (χ3v) is 5.18. The van der Waals surface area contributed by atoms with E-state index in [4.69, 9.17) is 9.84 Å². The molecular weight excluding hydrogens is 324 g/mol. The quantitative estimate of drug-likeness (QED) is 0.316. The van der Waals surface area contributed by atoms with Crippen molar-refractivity contribution in [2.45, 2.75) is 76.6 Å². The summed E-state index contributed by atoms with van der Waals surface area (Å²) in [5, 5.41) is 29.0. The van der Waals surface area contributed by atoms with Crippen LogP contribution in [0.25, 0.3) is 0 Å². The van der Waals surface area contributed by atoms with Crippen LogP contribution in [0.1, 0.15) is 58.8 Å². The molecule has 0 aromatic carbocycles. The lowest BCUT2D eigenvalue weighted by molar-refractivity contribution is -0.132. The standard InChI is InChI=1S/C19H28O6/c1-3-4-5-6-7-8-13-14(11-20)15(21)17-19(25-17,16(13)22)10-9-12(2)18(23)24/h9,15,17,20-21H,3-8,10-11H2,1-2H3,(H,23,24). The highest BCUT2D eigenvalue weighted by molar-refractivity contribution is 6.06. The van der Waals surface area contributed by atoms with Gasteiger partial charge < -0.3 is 20.1 Å². The molecule has 0 radical (unpaired) electrons. The zero-order valence-corrected chi connectivity index (χ0v) is 15.0. The second-order valence-corrected chi connectivity index (χ2v) is 6.92. The van der Waals surface area contributed by atoms with Crippen molar-refractivity contribution in [3.63, 3.8) is 0 Å². The fraction of sp³-hybridized carbons (Fsp3) is 0.684. The van der Waals surface area contributed by atoms with Gasteiger partial charge in [-0.25, -0.2) is 4.79 Å². The van der Waals surface area contributed by atoms with E-state index in [1.54, 1.807) is 0 Å². The molecule has 1 fully saturated rings. The van der Waals surface area contributed by atoms with Crippen LogP contribution in [0.4, 0.5) is 0 Å². The fourth-order valence-electron chi connectivity index (χ4n) is 3.47. The molecule has 2 aliphatic rings. The highest BCUT2D eigenvalue weighted by atomic mass is 16.6. The van der Waals surface area contributed by atoms with Crippen molar-refractivity contribution >= 4 is 11.8 Å². The Hall–Kier alpha value is -1.50. The number of aliphatic hydroxyl groups excluding tert-OH is 2. The largest absolute Gasteiger partial charge is 0.478 e. The number of fused-ring (bicyclic) bond motifs is 1. The van der Waals surface area contributed by atoms with E-state index in [0.717, 1.165) is 32.1 Å². The maximum Gasteiger partial charge on any atom is 0.330 e. The summed E-state index contributed by atoms with van der Waals surface area (Å²) >= 11 is 0. The van der Waals surface area contributed by atoms with Gasteiger partial charge in [-0.3, -0.25) is 4.79 Å². The van der Waals surface area contributed by atoms with Crippen molar-refractivity contribution in [2.24, 2.45) is 0 Å². The predicted octanol–water partition coefficient (Wildman–Crippen LogP) is 2.14. The Kier molecular flexibility index (Phi) is 6.54. The van der Waals surface area contributed by atoms with Crippen molar-refractivity contribution in [3.8, 4) is 0 Å². The minimum Gasteiger partial charge on any atom is -0.478 e. The van der Waals surface area contributed by atoms with Crippen LogP contribution in [-0.4, -0.2) is 51.5 Å². The van der Waals surface area contributed by atoms with Crippen LogP contribution in [0, 0.1) is 0 Å². The first-order chi connectivity index (χ1) is 11.9. The molecule has 25 heavy (non-hydrogen) atoms. The molecule has 6 nitrogen and oxygen atoms in total. The summed E-state index contributed by atoms with van der Waals surface area (Å²) in [6.45, 7) is 3.23. The lowest BCUT2D eigenvalue weighted by Gasteiger charge is -2.25. The minimum atomic E-state index is -1.16. The van der Waals surface area contributed by atoms with Gasteiger partial charge in [-0.05, 0) is 25.3 Å². The number of carbonyl (C=O) groups excluding carboxylic acids is 1. The number of aliphatic hydroxyl groups is 2. The Morgan fingerprint density at radius 2 is 1.96 bits per heavy atom. The number of rotatable bonds is 10. The number of carboxylic acid groups (broad SMARTS) is 1.